The summed E-state index contributed by atoms with van der Waals surface area (Å²) in [5, 5.41) is 24.6. The van der Waals surface area contributed by atoms with Crippen molar-refractivity contribution in [3.05, 3.63) is 158 Å². The van der Waals surface area contributed by atoms with Crippen LogP contribution in [0.1, 0.15) is 0 Å². The summed E-state index contributed by atoms with van der Waals surface area (Å²) in [6, 6.07) is 57.1. The van der Waals surface area contributed by atoms with Crippen LogP contribution in [0.4, 0.5) is 0 Å². The summed E-state index contributed by atoms with van der Waals surface area (Å²) in [6.07, 6.45) is 0. The predicted octanol–water partition coefficient (Wildman–Crippen LogP) is 11.8. The predicted molar refractivity (Wildman–Crippen MR) is 195 cm³/mol. The van der Waals surface area contributed by atoms with Gasteiger partial charge in [0, 0.05) is 11.1 Å². The maximum atomic E-state index is 4.56. The average molecular weight is 583 g/mol. The van der Waals surface area contributed by atoms with Gasteiger partial charge in [-0.2, -0.15) is 0 Å². The highest BCUT2D eigenvalue weighted by molar-refractivity contribution is 6.37. The second-order valence-corrected chi connectivity index (χ2v) is 12.2. The molecule has 10 aromatic rings. The lowest BCUT2D eigenvalue weighted by atomic mass is 9.86. The van der Waals surface area contributed by atoms with Crippen LogP contribution in [0.2, 0.25) is 0 Å². The van der Waals surface area contributed by atoms with Crippen LogP contribution >= 0.6 is 0 Å². The molecule has 0 radical (unpaired) electrons. The number of fused-ring (bicyclic) bond motifs is 2. The maximum absolute atomic E-state index is 4.56. The van der Waals surface area contributed by atoms with Crippen molar-refractivity contribution in [1.82, 2.24) is 10.2 Å². The Hall–Kier alpha value is -6.12. The summed E-state index contributed by atoms with van der Waals surface area (Å²) in [4.78, 5) is 0. The molecule has 0 N–H and O–H groups in total. The van der Waals surface area contributed by atoms with E-state index in [0.717, 1.165) is 22.5 Å². The normalized spacial score (nSPS) is 11.9. The number of hydrogen-bond donors (Lipinski definition) is 0. The topological polar surface area (TPSA) is 25.8 Å². The molecule has 0 unspecified atom stereocenters. The molecule has 2 nitrogen and oxygen atoms in total. The molecule has 0 aliphatic rings. The van der Waals surface area contributed by atoms with Crippen molar-refractivity contribution in [3.8, 4) is 33.6 Å². The maximum Gasteiger partial charge on any atom is 0.0930 e. The molecule has 0 aliphatic carbocycles. The van der Waals surface area contributed by atoms with Gasteiger partial charge < -0.3 is 0 Å². The van der Waals surface area contributed by atoms with Gasteiger partial charge >= 0.3 is 0 Å². The monoisotopic (exact) mass is 582 g/mol. The van der Waals surface area contributed by atoms with E-state index in [4.69, 9.17) is 0 Å². The first-order valence-corrected chi connectivity index (χ1v) is 15.7. The van der Waals surface area contributed by atoms with Gasteiger partial charge in [0.1, 0.15) is 0 Å². The van der Waals surface area contributed by atoms with E-state index >= 15 is 0 Å². The van der Waals surface area contributed by atoms with E-state index in [9.17, 15) is 0 Å². The van der Waals surface area contributed by atoms with Crippen LogP contribution in [0.15, 0.2) is 158 Å². The summed E-state index contributed by atoms with van der Waals surface area (Å²) in [5.41, 5.74) is 6.24. The summed E-state index contributed by atoms with van der Waals surface area (Å²) < 4.78 is 0. The molecular weight excluding hydrogens is 556 g/mol. The quantitative estimate of drug-likeness (QED) is 0.194. The fraction of sp³-hybridized carbons (Fsp3) is 0. The molecule has 0 spiro atoms. The van der Waals surface area contributed by atoms with E-state index in [2.05, 4.69) is 144 Å². The number of rotatable bonds is 3. The van der Waals surface area contributed by atoms with Crippen LogP contribution in [-0.4, -0.2) is 10.2 Å². The van der Waals surface area contributed by atoms with Gasteiger partial charge in [0.2, 0.25) is 0 Å². The molecule has 2 heteroatoms. The SMILES string of the molecule is c1ccc(-c2ccc(-c3ccc(-c4cc5ccc6cccc7c8cccc9ccc%10cccc(c(c4)c5c67)c%10c98)cc3)nn2)cc1. The fourth-order valence-electron chi connectivity index (χ4n) is 7.53. The Morgan fingerprint density at radius 2 is 0.717 bits per heavy atom. The molecule has 212 valence electrons. The summed E-state index contributed by atoms with van der Waals surface area (Å²) in [7, 11) is 0. The van der Waals surface area contributed by atoms with Crippen molar-refractivity contribution < 1.29 is 0 Å². The van der Waals surface area contributed by atoms with E-state index in [1.807, 2.05) is 24.3 Å². The summed E-state index contributed by atoms with van der Waals surface area (Å²) in [5.74, 6) is 0. The van der Waals surface area contributed by atoms with Crippen LogP contribution < -0.4 is 0 Å². The lowest BCUT2D eigenvalue weighted by molar-refractivity contribution is 1.04. The molecule has 10 rings (SSSR count). The first-order valence-electron chi connectivity index (χ1n) is 15.7. The van der Waals surface area contributed by atoms with E-state index in [-0.39, 0.29) is 0 Å². The van der Waals surface area contributed by atoms with Gasteiger partial charge in [0.25, 0.3) is 0 Å². The van der Waals surface area contributed by atoms with Crippen LogP contribution in [-0.2, 0) is 0 Å². The molecular formula is C44H26N2. The zero-order chi connectivity index (χ0) is 30.2. The Morgan fingerprint density at radius 1 is 0.261 bits per heavy atom. The molecule has 0 aliphatic heterocycles. The minimum absolute atomic E-state index is 0.866. The highest BCUT2D eigenvalue weighted by atomic mass is 15.1. The van der Waals surface area contributed by atoms with Crippen molar-refractivity contribution in [2.75, 3.05) is 0 Å². The third-order valence-electron chi connectivity index (χ3n) is 9.67. The number of aromatic nitrogens is 2. The van der Waals surface area contributed by atoms with Gasteiger partial charge in [-0.25, -0.2) is 0 Å². The molecule has 0 saturated carbocycles. The molecule has 0 saturated heterocycles. The third kappa shape index (κ3) is 3.71. The molecule has 0 amide bonds. The van der Waals surface area contributed by atoms with Gasteiger partial charge in [-0.3, -0.25) is 0 Å². The van der Waals surface area contributed by atoms with Crippen molar-refractivity contribution in [2.45, 2.75) is 0 Å². The molecule has 1 aromatic heterocycles. The van der Waals surface area contributed by atoms with E-state index < -0.39 is 0 Å². The molecule has 0 fully saturated rings. The Labute approximate surface area is 265 Å². The smallest absolute Gasteiger partial charge is 0.0930 e. The van der Waals surface area contributed by atoms with Gasteiger partial charge in [-0.1, -0.05) is 133 Å². The first-order chi connectivity index (χ1) is 22.8. The second-order valence-electron chi connectivity index (χ2n) is 12.2. The lowest BCUT2D eigenvalue weighted by Gasteiger charge is -2.17. The molecule has 46 heavy (non-hydrogen) atoms. The van der Waals surface area contributed by atoms with E-state index in [1.54, 1.807) is 0 Å². The number of nitrogens with zero attached hydrogens (tertiary/aromatic N) is 2. The van der Waals surface area contributed by atoms with Gasteiger partial charge in [-0.15, -0.1) is 10.2 Å². The Morgan fingerprint density at radius 3 is 1.26 bits per heavy atom. The summed E-state index contributed by atoms with van der Waals surface area (Å²) in [6.45, 7) is 0. The van der Waals surface area contributed by atoms with Crippen molar-refractivity contribution in [1.29, 1.82) is 0 Å². The third-order valence-corrected chi connectivity index (χ3v) is 9.67. The van der Waals surface area contributed by atoms with Crippen molar-refractivity contribution >= 4 is 64.6 Å². The van der Waals surface area contributed by atoms with Crippen molar-refractivity contribution in [3.63, 3.8) is 0 Å². The second kappa shape index (κ2) is 9.69. The van der Waals surface area contributed by atoms with Crippen LogP contribution in [0.5, 0.6) is 0 Å². The first kappa shape index (κ1) is 25.2. The number of benzene rings is 8. The molecule has 9 aromatic carbocycles. The molecule has 0 bridgehead atoms. The largest absolute Gasteiger partial charge is 0.150 e. The average Bonchev–Trinajstić information content (AvgIpc) is 3.13. The Kier molecular flexibility index (Phi) is 5.31. The highest BCUT2D eigenvalue weighted by Crippen LogP contribution is 2.44. The van der Waals surface area contributed by atoms with Gasteiger partial charge in [0.15, 0.2) is 0 Å². The van der Waals surface area contributed by atoms with Crippen LogP contribution in [0.3, 0.4) is 0 Å². The van der Waals surface area contributed by atoms with E-state index in [0.29, 0.717) is 0 Å². The minimum atomic E-state index is 0.866. The van der Waals surface area contributed by atoms with E-state index in [1.165, 1.54) is 75.8 Å². The number of hydrogen-bond acceptors (Lipinski definition) is 2. The fourth-order valence-corrected chi connectivity index (χ4v) is 7.53. The van der Waals surface area contributed by atoms with Gasteiger partial charge in [0.05, 0.1) is 11.4 Å². The van der Waals surface area contributed by atoms with Crippen molar-refractivity contribution in [2.24, 2.45) is 0 Å². The van der Waals surface area contributed by atoms with Gasteiger partial charge in [-0.05, 0) is 100 Å². The Balaban J connectivity index is 1.21. The minimum Gasteiger partial charge on any atom is -0.150 e. The lowest BCUT2D eigenvalue weighted by Crippen LogP contribution is -1.91. The molecule has 1 heterocycles. The standard InChI is InChI=1S/C44H26N2/c1-2-7-28(8-3-1)39-23-24-40(46-45-39)29-17-15-27(16-18-29)34-25-33-22-21-32-10-5-13-36-35-12-4-9-30-19-20-31-11-6-14-37(43(31)41(30)35)38(26-34)44(33)42(32)36/h1-26H. The highest BCUT2D eigenvalue weighted by Gasteiger charge is 2.16. The Bertz CT molecular complexity index is 2760. The molecule has 0 atom stereocenters. The zero-order valence-electron chi connectivity index (χ0n) is 24.9. The van der Waals surface area contributed by atoms with Crippen LogP contribution in [0.25, 0.3) is 98.3 Å². The zero-order valence-corrected chi connectivity index (χ0v) is 24.9. The van der Waals surface area contributed by atoms with Crippen LogP contribution in [0, 0.1) is 0 Å². The summed E-state index contributed by atoms with van der Waals surface area (Å²) >= 11 is 0.